The van der Waals surface area contributed by atoms with E-state index >= 15 is 0 Å². The Kier molecular flexibility index (Phi) is 5.80. The van der Waals surface area contributed by atoms with Crippen LogP contribution in [-0.4, -0.2) is 15.7 Å². The van der Waals surface area contributed by atoms with E-state index in [9.17, 15) is 9.18 Å². The van der Waals surface area contributed by atoms with Crippen LogP contribution in [0.1, 0.15) is 74.5 Å². The number of aromatic nitrogens is 2. The maximum atomic E-state index is 14.7. The molecule has 1 aliphatic rings. The SMILES string of the molecule is CCC(CC)(NC(=O)c1cnn2c1NC(c1ccccc1)CC2(C)C)c1ccccc1F. The molecule has 0 bridgehead atoms. The van der Waals surface area contributed by atoms with Crippen molar-refractivity contribution in [1.29, 1.82) is 0 Å². The fourth-order valence-corrected chi connectivity index (χ4v) is 4.81. The Morgan fingerprint density at radius 3 is 2.47 bits per heavy atom. The largest absolute Gasteiger partial charge is 0.363 e. The van der Waals surface area contributed by atoms with Crippen molar-refractivity contribution in [3.8, 4) is 0 Å². The summed E-state index contributed by atoms with van der Waals surface area (Å²) in [6.45, 7) is 8.19. The highest BCUT2D eigenvalue weighted by Crippen LogP contribution is 2.40. The van der Waals surface area contributed by atoms with Gasteiger partial charge in [-0.2, -0.15) is 5.10 Å². The minimum Gasteiger partial charge on any atom is -0.363 e. The number of nitrogens with one attached hydrogen (secondary N) is 2. The molecule has 1 atom stereocenters. The van der Waals surface area contributed by atoms with Crippen LogP contribution in [0.3, 0.4) is 0 Å². The third kappa shape index (κ3) is 3.78. The Morgan fingerprint density at radius 1 is 1.16 bits per heavy atom. The summed E-state index contributed by atoms with van der Waals surface area (Å²) in [5.74, 6) is 0.134. The molecule has 1 aliphatic heterocycles. The van der Waals surface area contributed by atoms with E-state index in [2.05, 4.69) is 41.7 Å². The smallest absolute Gasteiger partial charge is 0.257 e. The predicted octanol–water partition coefficient (Wildman–Crippen LogP) is 5.76. The first-order valence-corrected chi connectivity index (χ1v) is 11.3. The molecule has 32 heavy (non-hydrogen) atoms. The van der Waals surface area contributed by atoms with E-state index in [-0.39, 0.29) is 23.3 Å². The number of carbonyl (C=O) groups is 1. The zero-order chi connectivity index (χ0) is 22.9. The molecular weight excluding hydrogens is 403 g/mol. The van der Waals surface area contributed by atoms with Gasteiger partial charge in [-0.3, -0.25) is 4.79 Å². The summed E-state index contributed by atoms with van der Waals surface area (Å²) in [5.41, 5.74) is 1.09. The normalized spacial score (nSPS) is 17.3. The van der Waals surface area contributed by atoms with Crippen molar-refractivity contribution in [3.05, 3.63) is 83.3 Å². The first-order valence-electron chi connectivity index (χ1n) is 11.3. The topological polar surface area (TPSA) is 59.0 Å². The summed E-state index contributed by atoms with van der Waals surface area (Å²) in [4.78, 5) is 13.5. The third-order valence-electron chi connectivity index (χ3n) is 6.75. The van der Waals surface area contributed by atoms with Gasteiger partial charge in [0, 0.05) is 5.56 Å². The van der Waals surface area contributed by atoms with Crippen molar-refractivity contribution >= 4 is 11.7 Å². The van der Waals surface area contributed by atoms with E-state index in [0.29, 0.717) is 29.8 Å². The maximum absolute atomic E-state index is 14.7. The fraction of sp³-hybridized carbons (Fsp3) is 0.385. The number of benzene rings is 2. The van der Waals surface area contributed by atoms with Crippen LogP contribution in [0.25, 0.3) is 0 Å². The van der Waals surface area contributed by atoms with E-state index in [1.807, 2.05) is 36.7 Å². The van der Waals surface area contributed by atoms with Crippen molar-refractivity contribution in [3.63, 3.8) is 0 Å². The molecule has 3 aromatic rings. The molecule has 168 valence electrons. The molecule has 0 fully saturated rings. The Hall–Kier alpha value is -3.15. The van der Waals surface area contributed by atoms with Gasteiger partial charge in [-0.25, -0.2) is 9.07 Å². The van der Waals surface area contributed by atoms with E-state index in [1.54, 1.807) is 24.4 Å². The van der Waals surface area contributed by atoms with Gasteiger partial charge >= 0.3 is 0 Å². The third-order valence-corrected chi connectivity index (χ3v) is 6.75. The molecular formula is C26H31FN4O. The second-order valence-corrected chi connectivity index (χ2v) is 9.17. The summed E-state index contributed by atoms with van der Waals surface area (Å²) in [6.07, 6.45) is 3.61. The van der Waals surface area contributed by atoms with Gasteiger partial charge in [-0.05, 0) is 44.7 Å². The molecule has 2 aromatic carbocycles. The van der Waals surface area contributed by atoms with Crippen LogP contribution >= 0.6 is 0 Å². The molecule has 0 saturated carbocycles. The van der Waals surface area contributed by atoms with Gasteiger partial charge in [0.2, 0.25) is 0 Å². The lowest BCUT2D eigenvalue weighted by atomic mass is 9.84. The molecule has 2 N–H and O–H groups in total. The molecule has 0 saturated heterocycles. The maximum Gasteiger partial charge on any atom is 0.257 e. The monoisotopic (exact) mass is 434 g/mol. The Labute approximate surface area is 189 Å². The Morgan fingerprint density at radius 2 is 1.81 bits per heavy atom. The molecule has 0 radical (unpaired) electrons. The molecule has 2 heterocycles. The Bertz CT molecular complexity index is 1100. The standard InChI is InChI=1S/C26H31FN4O/c1-5-26(6-2,20-14-10-11-15-21(20)27)30-24(32)19-17-28-31-23(19)29-22(16-25(31,3)4)18-12-8-7-9-13-18/h7-15,17,22,29H,5-6,16H2,1-4H3,(H,30,32). The fourth-order valence-electron chi connectivity index (χ4n) is 4.81. The number of hydrogen-bond acceptors (Lipinski definition) is 3. The van der Waals surface area contributed by atoms with Crippen molar-refractivity contribution in [2.24, 2.45) is 0 Å². The number of carbonyl (C=O) groups excluding carboxylic acids is 1. The highest BCUT2D eigenvalue weighted by molar-refractivity contribution is 5.99. The van der Waals surface area contributed by atoms with Gasteiger partial charge in [-0.1, -0.05) is 62.4 Å². The highest BCUT2D eigenvalue weighted by atomic mass is 19.1. The van der Waals surface area contributed by atoms with Crippen LogP contribution in [0.2, 0.25) is 0 Å². The molecule has 1 unspecified atom stereocenters. The first-order chi connectivity index (χ1) is 15.3. The first kappa shape index (κ1) is 22.1. The number of amides is 1. The van der Waals surface area contributed by atoms with Gasteiger partial charge in [-0.15, -0.1) is 0 Å². The number of halogens is 1. The van der Waals surface area contributed by atoms with Crippen LogP contribution in [0.4, 0.5) is 10.2 Å². The number of hydrogen-bond donors (Lipinski definition) is 2. The van der Waals surface area contributed by atoms with Crippen molar-refractivity contribution in [2.45, 2.75) is 64.1 Å². The number of anilines is 1. The molecule has 6 heteroatoms. The zero-order valence-corrected chi connectivity index (χ0v) is 19.2. The van der Waals surface area contributed by atoms with E-state index in [4.69, 9.17) is 0 Å². The molecule has 1 aromatic heterocycles. The van der Waals surface area contributed by atoms with E-state index in [0.717, 1.165) is 6.42 Å². The zero-order valence-electron chi connectivity index (χ0n) is 19.2. The molecule has 0 aliphatic carbocycles. The lowest BCUT2D eigenvalue weighted by Gasteiger charge is -2.38. The quantitative estimate of drug-likeness (QED) is 0.519. The second-order valence-electron chi connectivity index (χ2n) is 9.17. The summed E-state index contributed by atoms with van der Waals surface area (Å²) < 4.78 is 16.6. The van der Waals surface area contributed by atoms with Crippen LogP contribution < -0.4 is 10.6 Å². The van der Waals surface area contributed by atoms with Gasteiger partial charge in [0.25, 0.3) is 5.91 Å². The average Bonchev–Trinajstić information content (AvgIpc) is 3.23. The van der Waals surface area contributed by atoms with Crippen molar-refractivity contribution < 1.29 is 9.18 Å². The number of fused-ring (bicyclic) bond motifs is 1. The summed E-state index contributed by atoms with van der Waals surface area (Å²) >= 11 is 0. The molecule has 0 spiro atoms. The van der Waals surface area contributed by atoms with Gasteiger partial charge in [0.05, 0.1) is 23.3 Å². The predicted molar refractivity (Wildman–Crippen MR) is 125 cm³/mol. The second kappa shape index (κ2) is 8.41. The lowest BCUT2D eigenvalue weighted by Crippen LogP contribution is -2.46. The summed E-state index contributed by atoms with van der Waals surface area (Å²) in [5, 5.41) is 11.2. The van der Waals surface area contributed by atoms with Crippen molar-refractivity contribution in [1.82, 2.24) is 15.1 Å². The minimum atomic E-state index is -0.791. The highest BCUT2D eigenvalue weighted by Gasteiger charge is 2.39. The van der Waals surface area contributed by atoms with Crippen LogP contribution in [-0.2, 0) is 11.1 Å². The molecule has 5 nitrogen and oxygen atoms in total. The minimum absolute atomic E-state index is 0.0654. The Balaban J connectivity index is 1.69. The number of rotatable bonds is 6. The van der Waals surface area contributed by atoms with Gasteiger partial charge < -0.3 is 10.6 Å². The van der Waals surface area contributed by atoms with Crippen LogP contribution in [0, 0.1) is 5.82 Å². The van der Waals surface area contributed by atoms with Crippen LogP contribution in [0.15, 0.2) is 60.8 Å². The molecule has 4 rings (SSSR count). The van der Waals surface area contributed by atoms with E-state index in [1.165, 1.54) is 11.6 Å². The van der Waals surface area contributed by atoms with Crippen molar-refractivity contribution in [2.75, 3.05) is 5.32 Å². The van der Waals surface area contributed by atoms with Gasteiger partial charge in [0.15, 0.2) is 0 Å². The van der Waals surface area contributed by atoms with Gasteiger partial charge in [0.1, 0.15) is 17.2 Å². The van der Waals surface area contributed by atoms with E-state index < -0.39 is 5.54 Å². The summed E-state index contributed by atoms with van der Waals surface area (Å²) in [7, 11) is 0. The molecule has 1 amide bonds. The lowest BCUT2D eigenvalue weighted by molar-refractivity contribution is 0.0888. The summed E-state index contributed by atoms with van der Waals surface area (Å²) in [6, 6.07) is 17.0. The average molecular weight is 435 g/mol. The van der Waals surface area contributed by atoms with Crippen LogP contribution in [0.5, 0.6) is 0 Å². The number of nitrogens with zero attached hydrogens (tertiary/aromatic N) is 2.